The van der Waals surface area contributed by atoms with Gasteiger partial charge in [-0.2, -0.15) is 8.78 Å². The molecule has 0 heterocycles. The van der Waals surface area contributed by atoms with Crippen molar-refractivity contribution in [3.8, 4) is 22.6 Å². The summed E-state index contributed by atoms with van der Waals surface area (Å²) in [6, 6.07) is 12.9. The Kier molecular flexibility index (Phi) is 5.64. The molecule has 0 saturated carbocycles. The van der Waals surface area contributed by atoms with E-state index in [0.717, 1.165) is 17.2 Å². The number of hydrogen-bond acceptors (Lipinski definition) is 2. The zero-order chi connectivity index (χ0) is 19.4. The molecule has 0 atom stereocenters. The Labute approximate surface area is 153 Å². The second kappa shape index (κ2) is 8.12. The lowest BCUT2D eigenvalue weighted by Crippen LogP contribution is -2.06. The van der Waals surface area contributed by atoms with Crippen LogP contribution in [-0.4, -0.2) is 13.2 Å². The minimum Gasteiger partial charge on any atom is -0.490 e. The zero-order valence-corrected chi connectivity index (χ0v) is 14.4. The van der Waals surface area contributed by atoms with E-state index in [4.69, 9.17) is 4.74 Å². The minimum absolute atomic E-state index is 0.00195. The van der Waals surface area contributed by atoms with Crippen molar-refractivity contribution in [3.05, 3.63) is 72.3 Å². The predicted molar refractivity (Wildman–Crippen MR) is 96.2 cm³/mol. The van der Waals surface area contributed by atoms with Gasteiger partial charge >= 0.3 is 6.61 Å². The summed E-state index contributed by atoms with van der Waals surface area (Å²) in [4.78, 5) is 0. The second-order valence-electron chi connectivity index (χ2n) is 5.72. The molecule has 0 aliphatic carbocycles. The summed E-state index contributed by atoms with van der Waals surface area (Å²) >= 11 is 0. The second-order valence-corrected chi connectivity index (χ2v) is 5.72. The Morgan fingerprint density at radius 3 is 2.33 bits per heavy atom. The quantitative estimate of drug-likeness (QED) is 0.369. The number of allylic oxidation sites excluding steroid dienone is 1. The van der Waals surface area contributed by atoms with E-state index >= 15 is 0 Å². The maximum absolute atomic E-state index is 14.3. The third-order valence-electron chi connectivity index (χ3n) is 3.96. The van der Waals surface area contributed by atoms with Crippen molar-refractivity contribution < 1.29 is 27.0 Å². The number of fused-ring (bicyclic) bond motifs is 1. The summed E-state index contributed by atoms with van der Waals surface area (Å²) in [6.07, 6.45) is 3.77. The number of rotatable bonds is 6. The van der Waals surface area contributed by atoms with Crippen molar-refractivity contribution in [2.75, 3.05) is 6.61 Å². The molecule has 3 aromatic carbocycles. The molecule has 27 heavy (non-hydrogen) atoms. The smallest absolute Gasteiger partial charge is 0.387 e. The van der Waals surface area contributed by atoms with Gasteiger partial charge in [0.25, 0.3) is 0 Å². The summed E-state index contributed by atoms with van der Waals surface area (Å²) < 4.78 is 62.4. The highest BCUT2D eigenvalue weighted by atomic mass is 19.3. The van der Waals surface area contributed by atoms with Crippen LogP contribution in [0.2, 0.25) is 0 Å². The molecule has 3 rings (SSSR count). The number of hydrogen-bond donors (Lipinski definition) is 0. The summed E-state index contributed by atoms with van der Waals surface area (Å²) in [5.74, 6) is -2.70. The lowest BCUT2D eigenvalue weighted by molar-refractivity contribution is -0.0544. The van der Waals surface area contributed by atoms with Crippen LogP contribution in [0.3, 0.4) is 0 Å². The van der Waals surface area contributed by atoms with Crippen LogP contribution in [0.5, 0.6) is 11.5 Å². The van der Waals surface area contributed by atoms with Crippen LogP contribution in [0, 0.1) is 11.6 Å². The predicted octanol–water partition coefficient (Wildman–Crippen LogP) is 6.34. The van der Waals surface area contributed by atoms with Gasteiger partial charge in [0.2, 0.25) is 0 Å². The summed E-state index contributed by atoms with van der Waals surface area (Å²) in [5.41, 5.74) is 1.55. The molecule has 0 aliphatic rings. The van der Waals surface area contributed by atoms with Crippen LogP contribution in [0.4, 0.5) is 17.6 Å². The fourth-order valence-corrected chi connectivity index (χ4v) is 2.67. The Bertz CT molecular complexity index is 966. The van der Waals surface area contributed by atoms with Crippen molar-refractivity contribution in [2.24, 2.45) is 0 Å². The summed E-state index contributed by atoms with van der Waals surface area (Å²) in [5, 5.41) is 0.250. The monoisotopic (exact) mass is 376 g/mol. The van der Waals surface area contributed by atoms with E-state index in [1.807, 2.05) is 31.2 Å². The molecule has 0 amide bonds. The SMILES string of the molecule is CC=CCOc1ccc(-c2ccc3c(F)c(OC(F)F)c(F)cc3c2)cc1. The maximum atomic E-state index is 14.3. The molecular weight excluding hydrogens is 360 g/mol. The molecule has 2 nitrogen and oxygen atoms in total. The van der Waals surface area contributed by atoms with Crippen LogP contribution >= 0.6 is 0 Å². The highest BCUT2D eigenvalue weighted by molar-refractivity contribution is 5.89. The maximum Gasteiger partial charge on any atom is 0.387 e. The first-order valence-electron chi connectivity index (χ1n) is 8.20. The van der Waals surface area contributed by atoms with Gasteiger partial charge in [0.15, 0.2) is 17.4 Å². The van der Waals surface area contributed by atoms with Gasteiger partial charge in [-0.15, -0.1) is 0 Å². The largest absolute Gasteiger partial charge is 0.490 e. The fraction of sp³-hybridized carbons (Fsp3) is 0.143. The fourth-order valence-electron chi connectivity index (χ4n) is 2.67. The molecular formula is C21H16F4O2. The van der Waals surface area contributed by atoms with Crippen LogP contribution in [0.15, 0.2) is 60.7 Å². The van der Waals surface area contributed by atoms with E-state index in [1.54, 1.807) is 24.3 Å². The van der Waals surface area contributed by atoms with Crippen LogP contribution in [-0.2, 0) is 0 Å². The van der Waals surface area contributed by atoms with E-state index < -0.39 is 24.0 Å². The average Bonchev–Trinajstić information content (AvgIpc) is 2.65. The van der Waals surface area contributed by atoms with Gasteiger partial charge in [-0.1, -0.05) is 36.4 Å². The van der Waals surface area contributed by atoms with E-state index in [2.05, 4.69) is 4.74 Å². The molecule has 0 spiro atoms. The third kappa shape index (κ3) is 4.22. The minimum atomic E-state index is -3.31. The lowest BCUT2D eigenvalue weighted by Gasteiger charge is -2.11. The Morgan fingerprint density at radius 1 is 0.963 bits per heavy atom. The van der Waals surface area contributed by atoms with E-state index in [-0.39, 0.29) is 10.8 Å². The van der Waals surface area contributed by atoms with Crippen molar-refractivity contribution in [1.82, 2.24) is 0 Å². The van der Waals surface area contributed by atoms with E-state index in [9.17, 15) is 17.6 Å². The lowest BCUT2D eigenvalue weighted by atomic mass is 10.0. The third-order valence-corrected chi connectivity index (χ3v) is 3.96. The van der Waals surface area contributed by atoms with Gasteiger partial charge in [0.1, 0.15) is 12.4 Å². The highest BCUT2D eigenvalue weighted by Gasteiger charge is 2.19. The van der Waals surface area contributed by atoms with Crippen molar-refractivity contribution in [3.63, 3.8) is 0 Å². The Morgan fingerprint density at radius 2 is 1.67 bits per heavy atom. The first-order valence-corrected chi connectivity index (χ1v) is 8.20. The number of alkyl halides is 2. The average molecular weight is 376 g/mol. The molecule has 0 radical (unpaired) electrons. The zero-order valence-electron chi connectivity index (χ0n) is 14.4. The van der Waals surface area contributed by atoms with Crippen LogP contribution in [0.1, 0.15) is 6.92 Å². The standard InChI is InChI=1S/C21H16F4O2/c1-2-3-10-26-16-7-4-13(5-8-16)14-6-9-17-15(11-14)12-18(22)20(19(17)23)27-21(24)25/h2-9,11-12,21H,10H2,1H3. The molecule has 0 aliphatic heterocycles. The van der Waals surface area contributed by atoms with Gasteiger partial charge in [0.05, 0.1) is 0 Å². The molecule has 0 aromatic heterocycles. The van der Waals surface area contributed by atoms with Gasteiger partial charge < -0.3 is 9.47 Å². The van der Waals surface area contributed by atoms with Crippen LogP contribution in [0.25, 0.3) is 21.9 Å². The molecule has 0 bridgehead atoms. The molecule has 0 fully saturated rings. The molecule has 140 valence electrons. The molecule has 6 heteroatoms. The topological polar surface area (TPSA) is 18.5 Å². The Hall–Kier alpha value is -3.02. The highest BCUT2D eigenvalue weighted by Crippen LogP contribution is 2.33. The summed E-state index contributed by atoms with van der Waals surface area (Å²) in [6.45, 7) is -0.937. The summed E-state index contributed by atoms with van der Waals surface area (Å²) in [7, 11) is 0. The van der Waals surface area contributed by atoms with Crippen molar-refractivity contribution in [2.45, 2.75) is 13.5 Å². The van der Waals surface area contributed by atoms with E-state index in [1.165, 1.54) is 6.07 Å². The molecule has 0 saturated heterocycles. The van der Waals surface area contributed by atoms with Gasteiger partial charge in [-0.05, 0) is 47.7 Å². The van der Waals surface area contributed by atoms with Crippen molar-refractivity contribution >= 4 is 10.8 Å². The van der Waals surface area contributed by atoms with Gasteiger partial charge in [-0.25, -0.2) is 8.78 Å². The normalized spacial score (nSPS) is 11.5. The van der Waals surface area contributed by atoms with Crippen molar-refractivity contribution in [1.29, 1.82) is 0 Å². The first kappa shape index (κ1) is 18.8. The number of benzene rings is 3. The molecule has 0 unspecified atom stereocenters. The first-order chi connectivity index (χ1) is 13.0. The number of ether oxygens (including phenoxy) is 2. The van der Waals surface area contributed by atoms with Gasteiger partial charge in [0, 0.05) is 5.39 Å². The molecule has 3 aromatic rings. The Balaban J connectivity index is 1.92. The van der Waals surface area contributed by atoms with Gasteiger partial charge in [-0.3, -0.25) is 0 Å². The number of halogens is 4. The van der Waals surface area contributed by atoms with E-state index in [0.29, 0.717) is 12.4 Å². The van der Waals surface area contributed by atoms with Crippen LogP contribution < -0.4 is 9.47 Å². The molecule has 0 N–H and O–H groups in total.